The van der Waals surface area contributed by atoms with Crippen molar-refractivity contribution in [1.82, 2.24) is 12.3 Å². The Morgan fingerprint density at radius 1 is 0.571 bits per heavy atom. The van der Waals surface area contributed by atoms with Gasteiger partial charge in [0.2, 0.25) is 0 Å². The van der Waals surface area contributed by atoms with E-state index in [2.05, 4.69) is 0 Å². The maximum Gasteiger partial charge on any atom is 0 e. The molecule has 2 nitrogen and oxygen atoms in total. The zero-order valence-corrected chi connectivity index (χ0v) is 10.1. The van der Waals surface area contributed by atoms with Crippen LogP contribution in [-0.2, 0) is 48.1 Å². The van der Waals surface area contributed by atoms with Crippen molar-refractivity contribution in [2.45, 2.75) is 0 Å². The molecule has 8 N–H and O–H groups in total. The molecule has 0 aliphatic heterocycles. The van der Waals surface area contributed by atoms with Crippen LogP contribution in [0.2, 0.25) is 0 Å². The van der Waals surface area contributed by atoms with Crippen LogP contribution in [0.25, 0.3) is 0 Å². The SMILES string of the molecule is S.S.[Mo].[NH4+].[NH4+].[SH-].[SH-]. The minimum absolute atomic E-state index is 0. The Morgan fingerprint density at radius 2 is 0.571 bits per heavy atom. The first-order valence-electron chi connectivity index (χ1n) is 0. The van der Waals surface area contributed by atoms with Crippen LogP contribution in [0, 0.1) is 0 Å². The minimum atomic E-state index is 0. The van der Waals surface area contributed by atoms with Crippen LogP contribution in [-0.4, -0.2) is 0 Å². The molecule has 0 bridgehead atoms. The van der Waals surface area contributed by atoms with Gasteiger partial charge >= 0.3 is 0 Å². The monoisotopic (exact) mass is 268 g/mol. The molecule has 0 saturated heterocycles. The summed E-state index contributed by atoms with van der Waals surface area (Å²) in [6.07, 6.45) is 0. The maximum atomic E-state index is 0. The Labute approximate surface area is 86.8 Å². The Bertz CT molecular complexity index is 9.65. The average molecular weight is 266 g/mol. The molecule has 0 radical (unpaired) electrons. The van der Waals surface area contributed by atoms with E-state index in [-0.39, 0.29) is 87.3 Å². The first kappa shape index (κ1) is 143. The van der Waals surface area contributed by atoms with Crippen molar-refractivity contribution >= 4 is 54.0 Å². The fraction of sp³-hybridized carbons (Fsp3) is 0. The number of quaternary nitrogens is 2. The molecule has 7 heteroatoms. The molecule has 0 aromatic rings. The summed E-state index contributed by atoms with van der Waals surface area (Å²) in [6, 6.07) is 0. The molecule has 0 heterocycles. The van der Waals surface area contributed by atoms with Gasteiger partial charge in [0, 0.05) is 21.1 Å². The summed E-state index contributed by atoms with van der Waals surface area (Å²) < 4.78 is 0. The summed E-state index contributed by atoms with van der Waals surface area (Å²) in [4.78, 5) is 0. The van der Waals surface area contributed by atoms with Crippen LogP contribution in [0.15, 0.2) is 0 Å². The Kier molecular flexibility index (Phi) is 2000. The summed E-state index contributed by atoms with van der Waals surface area (Å²) >= 11 is 0. The van der Waals surface area contributed by atoms with Crippen molar-refractivity contribution in [2.24, 2.45) is 0 Å². The molecule has 0 unspecified atom stereocenters. The Balaban J connectivity index is 0. The van der Waals surface area contributed by atoms with E-state index in [1.807, 2.05) is 0 Å². The second kappa shape index (κ2) is 97.5. The molecule has 0 amide bonds. The van der Waals surface area contributed by atoms with Crippen LogP contribution in [0.5, 0.6) is 0 Å². The molecule has 7 heavy (non-hydrogen) atoms. The normalized spacial score (nSPS) is 0. The van der Waals surface area contributed by atoms with E-state index < -0.39 is 0 Å². The quantitative estimate of drug-likeness (QED) is 0.379. The Morgan fingerprint density at radius 3 is 0.571 bits per heavy atom. The largest absolute Gasteiger partial charge is 0.813 e. The van der Waals surface area contributed by atoms with E-state index in [0.29, 0.717) is 0 Å². The van der Waals surface area contributed by atoms with Crippen molar-refractivity contribution < 1.29 is 21.1 Å². The van der Waals surface area contributed by atoms with Gasteiger partial charge in [0.1, 0.15) is 0 Å². The summed E-state index contributed by atoms with van der Waals surface area (Å²) in [5.41, 5.74) is 0. The minimum Gasteiger partial charge on any atom is -0.813 e. The van der Waals surface area contributed by atoms with Crippen molar-refractivity contribution in [1.29, 1.82) is 0 Å². The molecule has 0 atom stereocenters. The second-order valence-electron chi connectivity index (χ2n) is 0. The molecule has 0 aromatic carbocycles. The van der Waals surface area contributed by atoms with Gasteiger partial charge in [-0.25, -0.2) is 0 Å². The van der Waals surface area contributed by atoms with E-state index in [0.717, 1.165) is 0 Å². The van der Waals surface area contributed by atoms with E-state index >= 15 is 0 Å². The summed E-state index contributed by atoms with van der Waals surface area (Å²) in [5, 5.41) is 0. The maximum absolute atomic E-state index is 0. The third kappa shape index (κ3) is 71.7. The molecular weight excluding hydrogens is 252 g/mol. The second-order valence-corrected chi connectivity index (χ2v) is 0. The molecule has 0 rings (SSSR count). The van der Waals surface area contributed by atoms with Gasteiger partial charge in [0.15, 0.2) is 0 Å². The smallest absolute Gasteiger partial charge is 0 e. The summed E-state index contributed by atoms with van der Waals surface area (Å²) in [7, 11) is 0. The average Bonchev–Trinajstić information content (AvgIpc) is 0. The van der Waals surface area contributed by atoms with Gasteiger partial charge in [-0.05, 0) is 0 Å². The molecule has 0 spiro atoms. The van der Waals surface area contributed by atoms with Crippen molar-refractivity contribution in [2.75, 3.05) is 0 Å². The van der Waals surface area contributed by atoms with Gasteiger partial charge in [-0.2, -0.15) is 27.0 Å². The predicted molar refractivity (Wildman–Crippen MR) is 50.3 cm³/mol. The van der Waals surface area contributed by atoms with Gasteiger partial charge < -0.3 is 39.3 Å². The standard InChI is InChI=1S/Mo.2H3N.4H2S/h;2*1H3;4*1H2. The third-order valence-electron chi connectivity index (χ3n) is 0. The number of rotatable bonds is 0. The van der Waals surface area contributed by atoms with E-state index in [1.165, 1.54) is 0 Å². The first-order valence-corrected chi connectivity index (χ1v) is 0. The van der Waals surface area contributed by atoms with Crippen molar-refractivity contribution in [3.8, 4) is 0 Å². The van der Waals surface area contributed by atoms with E-state index in [4.69, 9.17) is 0 Å². The van der Waals surface area contributed by atoms with Gasteiger partial charge in [-0.3, -0.25) is 0 Å². The van der Waals surface area contributed by atoms with Crippen molar-refractivity contribution in [3.05, 3.63) is 0 Å². The molecular formula is H14MoN2S4. The zero-order valence-electron chi connectivity index (χ0n) is 4.30. The van der Waals surface area contributed by atoms with Crippen LogP contribution >= 0.6 is 27.0 Å². The van der Waals surface area contributed by atoms with Gasteiger partial charge in [0.05, 0.1) is 0 Å². The first-order chi connectivity index (χ1) is 0. The third-order valence-corrected chi connectivity index (χ3v) is 0. The van der Waals surface area contributed by atoms with E-state index in [1.54, 1.807) is 0 Å². The summed E-state index contributed by atoms with van der Waals surface area (Å²) in [6.45, 7) is 0. The zero-order chi connectivity index (χ0) is 0. The van der Waals surface area contributed by atoms with Crippen LogP contribution in [0.4, 0.5) is 0 Å². The molecule has 0 saturated carbocycles. The van der Waals surface area contributed by atoms with E-state index in [9.17, 15) is 0 Å². The fourth-order valence-corrected chi connectivity index (χ4v) is 0. The van der Waals surface area contributed by atoms with Gasteiger partial charge in [-0.15, -0.1) is 0 Å². The topological polar surface area (TPSA) is 73.0 Å². The molecule has 0 aliphatic carbocycles. The Hall–Kier alpha value is 2.01. The van der Waals surface area contributed by atoms with Crippen LogP contribution in [0.1, 0.15) is 0 Å². The van der Waals surface area contributed by atoms with Crippen LogP contribution < -0.4 is 12.3 Å². The number of hydrogen-bond donors (Lipinski definition) is 2. The predicted octanol–water partition coefficient (Wildman–Crippen LogP) is 0.435. The summed E-state index contributed by atoms with van der Waals surface area (Å²) in [5.74, 6) is 0. The van der Waals surface area contributed by atoms with Gasteiger partial charge in [-0.1, -0.05) is 0 Å². The molecule has 54 valence electrons. The van der Waals surface area contributed by atoms with Crippen LogP contribution in [0.3, 0.4) is 0 Å². The number of hydrogen-bond acceptors (Lipinski definition) is 2. The molecule has 0 aliphatic rings. The molecule has 0 aromatic heterocycles. The number of thiol groups is 2. The van der Waals surface area contributed by atoms with Crippen molar-refractivity contribution in [3.63, 3.8) is 0 Å². The fourth-order valence-electron chi connectivity index (χ4n) is 0. The van der Waals surface area contributed by atoms with Gasteiger partial charge in [0.25, 0.3) is 0 Å². The molecule has 0 fully saturated rings.